The van der Waals surface area contributed by atoms with E-state index in [-0.39, 0.29) is 6.42 Å². The summed E-state index contributed by atoms with van der Waals surface area (Å²) in [7, 11) is 0. The molecule has 0 bridgehead atoms. The van der Waals surface area contributed by atoms with E-state index < -0.39 is 5.97 Å². The monoisotopic (exact) mass is 272 g/mol. The second-order valence-corrected chi connectivity index (χ2v) is 4.69. The maximum atomic E-state index is 10.6. The highest BCUT2D eigenvalue weighted by molar-refractivity contribution is 5.66. The molecule has 0 fully saturated rings. The number of aromatic nitrogens is 2. The number of rotatable bonds is 5. The lowest BCUT2D eigenvalue weighted by atomic mass is 10.1. The molecule has 1 heterocycles. The van der Waals surface area contributed by atoms with E-state index in [0.717, 1.165) is 16.8 Å². The highest BCUT2D eigenvalue weighted by Gasteiger charge is 2.13. The summed E-state index contributed by atoms with van der Waals surface area (Å²) in [5.41, 5.74) is 8.84. The first-order chi connectivity index (χ1) is 9.58. The number of aliphatic carboxylic acids is 1. The molecular weight excluding hydrogens is 254 g/mol. The Hall–Kier alpha value is -2.43. The molecule has 0 aliphatic carbocycles. The first-order valence-electron chi connectivity index (χ1n) is 6.52. The SMILES string of the molecule is Cc1cc(N)[n+](CCCC(=O)O)nc1-c1ccccc1. The number of nitrogens with two attached hydrogens (primary N) is 1. The average molecular weight is 272 g/mol. The van der Waals surface area contributed by atoms with Crippen LogP contribution in [0.1, 0.15) is 18.4 Å². The molecule has 0 radical (unpaired) electrons. The number of hydrogen-bond donors (Lipinski definition) is 2. The molecule has 20 heavy (non-hydrogen) atoms. The molecule has 0 amide bonds. The summed E-state index contributed by atoms with van der Waals surface area (Å²) < 4.78 is 1.66. The van der Waals surface area contributed by atoms with E-state index in [2.05, 4.69) is 5.10 Å². The zero-order chi connectivity index (χ0) is 14.5. The number of carboxylic acids is 1. The van der Waals surface area contributed by atoms with Gasteiger partial charge in [0.1, 0.15) is 12.2 Å². The van der Waals surface area contributed by atoms with Crippen molar-refractivity contribution in [3.8, 4) is 11.3 Å². The Balaban J connectivity index is 2.28. The topological polar surface area (TPSA) is 80.1 Å². The molecule has 2 rings (SSSR count). The number of carbonyl (C=O) groups is 1. The van der Waals surface area contributed by atoms with Crippen LogP contribution < -0.4 is 10.4 Å². The van der Waals surface area contributed by atoms with Gasteiger partial charge in [-0.05, 0) is 18.9 Å². The summed E-state index contributed by atoms with van der Waals surface area (Å²) >= 11 is 0. The zero-order valence-corrected chi connectivity index (χ0v) is 11.4. The fourth-order valence-electron chi connectivity index (χ4n) is 2.06. The summed E-state index contributed by atoms with van der Waals surface area (Å²) in [5, 5.41) is 13.2. The van der Waals surface area contributed by atoms with Crippen LogP contribution in [0.5, 0.6) is 0 Å². The molecule has 0 atom stereocenters. The van der Waals surface area contributed by atoms with E-state index in [9.17, 15) is 4.79 Å². The lowest BCUT2D eigenvalue weighted by molar-refractivity contribution is -0.739. The smallest absolute Gasteiger partial charge is 0.303 e. The predicted molar refractivity (Wildman–Crippen MR) is 75.9 cm³/mol. The Morgan fingerprint density at radius 2 is 2.05 bits per heavy atom. The van der Waals surface area contributed by atoms with Crippen molar-refractivity contribution in [2.75, 3.05) is 5.73 Å². The zero-order valence-electron chi connectivity index (χ0n) is 11.4. The second kappa shape index (κ2) is 6.14. The van der Waals surface area contributed by atoms with Crippen LogP contribution in [0.4, 0.5) is 5.82 Å². The lowest BCUT2D eigenvalue weighted by Crippen LogP contribution is -2.42. The molecule has 0 saturated heterocycles. The van der Waals surface area contributed by atoms with Crippen molar-refractivity contribution in [3.05, 3.63) is 42.0 Å². The molecule has 1 aromatic heterocycles. The lowest BCUT2D eigenvalue weighted by Gasteiger charge is -2.07. The maximum Gasteiger partial charge on any atom is 0.303 e. The van der Waals surface area contributed by atoms with Gasteiger partial charge >= 0.3 is 5.97 Å². The Bertz CT molecular complexity index is 612. The highest BCUT2D eigenvalue weighted by Crippen LogP contribution is 2.20. The van der Waals surface area contributed by atoms with Gasteiger partial charge in [0.15, 0.2) is 0 Å². The minimum Gasteiger partial charge on any atom is -0.481 e. The molecular formula is C15H18N3O2+. The highest BCUT2D eigenvalue weighted by atomic mass is 16.4. The molecule has 5 nitrogen and oxygen atoms in total. The van der Waals surface area contributed by atoms with E-state index in [4.69, 9.17) is 10.8 Å². The van der Waals surface area contributed by atoms with Gasteiger partial charge in [-0.2, -0.15) is 0 Å². The average Bonchev–Trinajstić information content (AvgIpc) is 2.42. The van der Waals surface area contributed by atoms with E-state index in [1.165, 1.54) is 0 Å². The molecule has 2 aromatic rings. The molecule has 104 valence electrons. The number of aryl methyl sites for hydroxylation is 2. The van der Waals surface area contributed by atoms with Crippen LogP contribution in [-0.4, -0.2) is 16.2 Å². The molecule has 0 unspecified atom stereocenters. The van der Waals surface area contributed by atoms with Crippen LogP contribution in [0.2, 0.25) is 0 Å². The number of benzene rings is 1. The van der Waals surface area contributed by atoms with Gasteiger partial charge in [-0.3, -0.25) is 10.5 Å². The van der Waals surface area contributed by atoms with Gasteiger partial charge in [0.25, 0.3) is 5.82 Å². The largest absolute Gasteiger partial charge is 0.481 e. The second-order valence-electron chi connectivity index (χ2n) is 4.69. The Kier molecular flexibility index (Phi) is 4.30. The van der Waals surface area contributed by atoms with Gasteiger partial charge in [-0.15, -0.1) is 4.68 Å². The van der Waals surface area contributed by atoms with Crippen molar-refractivity contribution < 1.29 is 14.6 Å². The summed E-state index contributed by atoms with van der Waals surface area (Å²) in [5.74, 6) is -0.257. The van der Waals surface area contributed by atoms with E-state index >= 15 is 0 Å². The van der Waals surface area contributed by atoms with E-state index in [1.54, 1.807) is 4.68 Å². The van der Waals surface area contributed by atoms with Crippen LogP contribution in [-0.2, 0) is 11.3 Å². The van der Waals surface area contributed by atoms with Gasteiger partial charge in [0.2, 0.25) is 0 Å². The minimum atomic E-state index is -0.806. The van der Waals surface area contributed by atoms with Crippen LogP contribution in [0.3, 0.4) is 0 Å². The van der Waals surface area contributed by atoms with Gasteiger partial charge in [-0.1, -0.05) is 35.4 Å². The predicted octanol–water partition coefficient (Wildman–Crippen LogP) is 1.79. The molecule has 0 saturated carbocycles. The van der Waals surface area contributed by atoms with E-state index in [1.807, 2.05) is 43.3 Å². The minimum absolute atomic E-state index is 0.114. The number of anilines is 1. The number of nitrogen functional groups attached to an aromatic ring is 1. The summed E-state index contributed by atoms with van der Waals surface area (Å²) in [6.07, 6.45) is 0.622. The molecule has 1 aromatic carbocycles. The van der Waals surface area contributed by atoms with Crippen molar-refractivity contribution in [1.29, 1.82) is 0 Å². The summed E-state index contributed by atoms with van der Waals surface area (Å²) in [6.45, 7) is 2.46. The fraction of sp³-hybridized carbons (Fsp3) is 0.267. The Morgan fingerprint density at radius 3 is 2.70 bits per heavy atom. The quantitative estimate of drug-likeness (QED) is 0.813. The molecule has 5 heteroatoms. The van der Waals surface area contributed by atoms with Gasteiger partial charge < -0.3 is 5.11 Å². The fourth-order valence-corrected chi connectivity index (χ4v) is 2.06. The van der Waals surface area contributed by atoms with Crippen LogP contribution >= 0.6 is 0 Å². The molecule has 0 aliphatic heterocycles. The Morgan fingerprint density at radius 1 is 1.35 bits per heavy atom. The molecule has 0 spiro atoms. The van der Waals surface area contributed by atoms with Crippen LogP contribution in [0.15, 0.2) is 36.4 Å². The van der Waals surface area contributed by atoms with Crippen molar-refractivity contribution in [1.82, 2.24) is 5.10 Å². The normalized spacial score (nSPS) is 10.4. The van der Waals surface area contributed by atoms with Crippen molar-refractivity contribution >= 4 is 11.8 Å². The van der Waals surface area contributed by atoms with Crippen molar-refractivity contribution in [3.63, 3.8) is 0 Å². The van der Waals surface area contributed by atoms with Gasteiger partial charge in [0, 0.05) is 18.1 Å². The summed E-state index contributed by atoms with van der Waals surface area (Å²) in [6, 6.07) is 11.7. The first kappa shape index (κ1) is 14.0. The van der Waals surface area contributed by atoms with Crippen molar-refractivity contribution in [2.24, 2.45) is 0 Å². The number of nitrogens with zero attached hydrogens (tertiary/aromatic N) is 2. The summed E-state index contributed by atoms with van der Waals surface area (Å²) in [4.78, 5) is 10.6. The van der Waals surface area contributed by atoms with Gasteiger partial charge in [-0.25, -0.2) is 0 Å². The van der Waals surface area contributed by atoms with Crippen molar-refractivity contribution in [2.45, 2.75) is 26.3 Å². The third-order valence-electron chi connectivity index (χ3n) is 3.06. The standard InChI is InChI=1S/C15H17N3O2/c1-11-10-13(16)18(9-5-8-14(19)20)17-15(11)12-6-3-2-4-7-12/h2-4,6-7,10,16H,5,8-9H2,1H3,(H,19,20)/p+1. The third-order valence-corrected chi connectivity index (χ3v) is 3.06. The number of carboxylic acid groups (broad SMARTS) is 1. The first-order valence-corrected chi connectivity index (χ1v) is 6.52. The third kappa shape index (κ3) is 3.32. The van der Waals surface area contributed by atoms with Crippen LogP contribution in [0, 0.1) is 6.92 Å². The number of hydrogen-bond acceptors (Lipinski definition) is 3. The molecule has 3 N–H and O–H groups in total. The van der Waals surface area contributed by atoms with Gasteiger partial charge in [0.05, 0.1) is 0 Å². The van der Waals surface area contributed by atoms with E-state index in [0.29, 0.717) is 18.8 Å². The Labute approximate surface area is 117 Å². The maximum absolute atomic E-state index is 10.6. The van der Waals surface area contributed by atoms with Crippen LogP contribution in [0.25, 0.3) is 11.3 Å². The molecule has 0 aliphatic rings.